The van der Waals surface area contributed by atoms with Gasteiger partial charge in [-0.25, -0.2) is 0 Å². The number of anilines is 1. The molecule has 0 heterocycles. The van der Waals surface area contributed by atoms with Gasteiger partial charge in [0.25, 0.3) is 0 Å². The second kappa shape index (κ2) is 7.99. The van der Waals surface area contributed by atoms with Crippen LogP contribution in [-0.2, 0) is 11.2 Å². The van der Waals surface area contributed by atoms with Gasteiger partial charge in [0, 0.05) is 12.1 Å². The highest BCUT2D eigenvalue weighted by molar-refractivity contribution is 5.67. The third-order valence-corrected chi connectivity index (χ3v) is 2.70. The highest BCUT2D eigenvalue weighted by Gasteiger charge is 2.09. The average Bonchev–Trinajstić information content (AvgIpc) is 2.48. The fraction of sp³-hybridized carbons (Fsp3) is 0.200. The van der Waals surface area contributed by atoms with Crippen LogP contribution in [0.4, 0.5) is 5.69 Å². The minimum absolute atomic E-state index is 0.0525. The zero-order valence-electron chi connectivity index (χ0n) is 11.1. The number of aliphatic carboxylic acids is 1. The number of hydrogen-bond acceptors (Lipinski definition) is 5. The Morgan fingerprint density at radius 3 is 2.38 bits per heavy atom. The Labute approximate surface area is 122 Å². The molecule has 0 spiro atoms. The van der Waals surface area contributed by atoms with Crippen molar-refractivity contribution in [1.29, 1.82) is 15.8 Å². The van der Waals surface area contributed by atoms with E-state index < -0.39 is 5.97 Å². The lowest BCUT2D eigenvalue weighted by Crippen LogP contribution is -2.04. The quantitative estimate of drug-likeness (QED) is 0.771. The molecule has 0 aliphatic carbocycles. The molecule has 6 heteroatoms. The third-order valence-electron chi connectivity index (χ3n) is 2.70. The largest absolute Gasteiger partial charge is 0.481 e. The number of allylic oxidation sites excluding steroid dienone is 2. The van der Waals surface area contributed by atoms with Crippen LogP contribution in [0, 0.1) is 34.0 Å². The first kappa shape index (κ1) is 15.8. The van der Waals surface area contributed by atoms with E-state index in [1.54, 1.807) is 42.5 Å². The van der Waals surface area contributed by atoms with Crippen LogP contribution in [-0.4, -0.2) is 11.1 Å². The summed E-state index contributed by atoms with van der Waals surface area (Å²) in [5, 5.41) is 38.0. The van der Waals surface area contributed by atoms with Crippen LogP contribution in [0.3, 0.4) is 0 Å². The van der Waals surface area contributed by atoms with E-state index in [2.05, 4.69) is 5.32 Å². The number of nitrogens with one attached hydrogen (secondary N) is 1. The van der Waals surface area contributed by atoms with Crippen LogP contribution >= 0.6 is 0 Å². The number of rotatable bonds is 6. The molecule has 0 aliphatic rings. The van der Waals surface area contributed by atoms with Gasteiger partial charge in [-0.05, 0) is 24.5 Å². The molecular weight excluding hydrogens is 268 g/mol. The van der Waals surface area contributed by atoms with E-state index in [4.69, 9.17) is 20.9 Å². The first-order chi connectivity index (χ1) is 10.1. The Bertz CT molecular complexity index is 671. The molecule has 0 fully saturated rings. The maximum atomic E-state index is 10.5. The topological polar surface area (TPSA) is 121 Å². The number of carboxylic acid groups (broad SMARTS) is 1. The van der Waals surface area contributed by atoms with Crippen LogP contribution in [0.2, 0.25) is 0 Å². The van der Waals surface area contributed by atoms with Gasteiger partial charge in [0.05, 0.1) is 0 Å². The average molecular weight is 280 g/mol. The van der Waals surface area contributed by atoms with Gasteiger partial charge in [0.2, 0.25) is 0 Å². The van der Waals surface area contributed by atoms with E-state index >= 15 is 0 Å². The molecule has 6 nitrogen and oxygen atoms in total. The van der Waals surface area contributed by atoms with Gasteiger partial charge in [-0.2, -0.15) is 15.8 Å². The molecule has 0 bridgehead atoms. The molecule has 2 N–H and O–H groups in total. The second-order valence-electron chi connectivity index (χ2n) is 4.11. The molecule has 0 saturated heterocycles. The summed E-state index contributed by atoms with van der Waals surface area (Å²) in [6, 6.07) is 12.2. The van der Waals surface area contributed by atoms with E-state index in [1.807, 2.05) is 0 Å². The second-order valence-corrected chi connectivity index (χ2v) is 4.11. The van der Waals surface area contributed by atoms with Crippen molar-refractivity contribution in [3.8, 4) is 18.2 Å². The van der Waals surface area contributed by atoms with Crippen LogP contribution in [0.5, 0.6) is 0 Å². The molecule has 0 aromatic heterocycles. The summed E-state index contributed by atoms with van der Waals surface area (Å²) >= 11 is 0. The van der Waals surface area contributed by atoms with Crippen LogP contribution in [0.1, 0.15) is 18.4 Å². The number of carboxylic acids is 1. The zero-order chi connectivity index (χ0) is 15.7. The van der Waals surface area contributed by atoms with Gasteiger partial charge >= 0.3 is 5.97 Å². The van der Waals surface area contributed by atoms with Crippen molar-refractivity contribution in [2.24, 2.45) is 0 Å². The molecule has 1 aromatic rings. The molecule has 21 heavy (non-hydrogen) atoms. The SMILES string of the molecule is N#CC(C#N)=C(C#N)Nc1ccccc1CCCC(=O)O. The fourth-order valence-corrected chi connectivity index (χ4v) is 1.71. The lowest BCUT2D eigenvalue weighted by Gasteiger charge is -2.10. The van der Waals surface area contributed by atoms with Crippen molar-refractivity contribution < 1.29 is 9.90 Å². The summed E-state index contributed by atoms with van der Waals surface area (Å²) in [5.74, 6) is -0.866. The summed E-state index contributed by atoms with van der Waals surface area (Å²) in [4.78, 5) is 10.5. The van der Waals surface area contributed by atoms with E-state index in [1.165, 1.54) is 0 Å². The van der Waals surface area contributed by atoms with Gasteiger partial charge < -0.3 is 10.4 Å². The van der Waals surface area contributed by atoms with Crippen LogP contribution in [0.15, 0.2) is 35.5 Å². The Balaban J connectivity index is 2.97. The van der Waals surface area contributed by atoms with Crippen molar-refractivity contribution in [3.05, 3.63) is 41.1 Å². The van der Waals surface area contributed by atoms with Gasteiger partial charge in [0.15, 0.2) is 5.57 Å². The third kappa shape index (κ3) is 4.70. The van der Waals surface area contributed by atoms with Gasteiger partial charge in [-0.3, -0.25) is 4.79 Å². The number of nitriles is 3. The van der Waals surface area contributed by atoms with Gasteiger partial charge in [-0.15, -0.1) is 0 Å². The van der Waals surface area contributed by atoms with Crippen LogP contribution in [0.25, 0.3) is 0 Å². The number of hydrogen-bond donors (Lipinski definition) is 2. The molecule has 0 atom stereocenters. The van der Waals surface area contributed by atoms with E-state index in [-0.39, 0.29) is 17.7 Å². The van der Waals surface area contributed by atoms with Gasteiger partial charge in [-0.1, -0.05) is 18.2 Å². The Morgan fingerprint density at radius 2 is 1.81 bits per heavy atom. The number of nitrogens with zero attached hydrogens (tertiary/aromatic N) is 3. The normalized spacial score (nSPS) is 8.81. The number of para-hydroxylation sites is 1. The Morgan fingerprint density at radius 1 is 1.14 bits per heavy atom. The molecule has 0 saturated carbocycles. The number of benzene rings is 1. The molecule has 0 unspecified atom stereocenters. The minimum Gasteiger partial charge on any atom is -0.481 e. The Kier molecular flexibility index (Phi) is 5.99. The summed E-state index contributed by atoms with van der Waals surface area (Å²) in [6.07, 6.45) is 1.03. The molecular formula is C15H12N4O2. The van der Waals surface area contributed by atoms with E-state index in [9.17, 15) is 4.79 Å². The predicted molar refractivity (Wildman–Crippen MR) is 74.5 cm³/mol. The highest BCUT2D eigenvalue weighted by atomic mass is 16.4. The highest BCUT2D eigenvalue weighted by Crippen LogP contribution is 2.20. The van der Waals surface area contributed by atoms with E-state index in [0.29, 0.717) is 18.5 Å². The summed E-state index contributed by atoms with van der Waals surface area (Å²) < 4.78 is 0. The molecule has 0 aliphatic heterocycles. The summed E-state index contributed by atoms with van der Waals surface area (Å²) in [5.41, 5.74) is 0.993. The standard InChI is InChI=1S/C15H12N4O2/c16-8-12(9-17)14(10-18)19-13-6-2-1-4-11(13)5-3-7-15(20)21/h1-2,4,6,19H,3,5,7H2,(H,20,21). The van der Waals surface area contributed by atoms with Crippen molar-refractivity contribution in [3.63, 3.8) is 0 Å². The summed E-state index contributed by atoms with van der Waals surface area (Å²) in [7, 11) is 0. The fourth-order valence-electron chi connectivity index (χ4n) is 1.71. The molecule has 0 radical (unpaired) electrons. The monoisotopic (exact) mass is 280 g/mol. The van der Waals surface area contributed by atoms with Gasteiger partial charge in [0.1, 0.15) is 23.9 Å². The smallest absolute Gasteiger partial charge is 0.303 e. The molecule has 104 valence electrons. The predicted octanol–water partition coefficient (Wildman–Crippen LogP) is 2.33. The lowest BCUT2D eigenvalue weighted by atomic mass is 10.1. The first-order valence-electron chi connectivity index (χ1n) is 6.13. The van der Waals surface area contributed by atoms with E-state index in [0.717, 1.165) is 5.56 Å². The number of aryl methyl sites for hydroxylation is 1. The molecule has 0 amide bonds. The van der Waals surface area contributed by atoms with Crippen molar-refractivity contribution in [1.82, 2.24) is 0 Å². The van der Waals surface area contributed by atoms with Crippen molar-refractivity contribution >= 4 is 11.7 Å². The molecule has 1 rings (SSSR count). The van der Waals surface area contributed by atoms with Crippen LogP contribution < -0.4 is 5.32 Å². The zero-order valence-corrected chi connectivity index (χ0v) is 11.1. The number of carbonyl (C=O) groups is 1. The lowest BCUT2D eigenvalue weighted by molar-refractivity contribution is -0.137. The maximum Gasteiger partial charge on any atom is 0.303 e. The Hall–Kier alpha value is -3.30. The molecule has 1 aromatic carbocycles. The first-order valence-corrected chi connectivity index (χ1v) is 6.13. The maximum absolute atomic E-state index is 10.5. The van der Waals surface area contributed by atoms with Crippen molar-refractivity contribution in [2.75, 3.05) is 5.32 Å². The van der Waals surface area contributed by atoms with Crippen molar-refractivity contribution in [2.45, 2.75) is 19.3 Å². The summed E-state index contributed by atoms with van der Waals surface area (Å²) in [6.45, 7) is 0. The minimum atomic E-state index is -0.866.